The molecule has 2 N–H and O–H groups in total. The number of nitrogens with one attached hydrogen (secondary N) is 2. The van der Waals surface area contributed by atoms with Crippen LogP contribution in [0.15, 0.2) is 41.4 Å². The number of aromatic nitrogens is 1. The smallest absolute Gasteiger partial charge is 0.263 e. The molecule has 1 saturated carbocycles. The number of nitrogens with zero attached hydrogens (tertiary/aromatic N) is 1. The number of rotatable bonds is 7. The SMILES string of the molecule is CSC1(CNc2ccc(S(=O)(=O)Nc3cc(F)cc(F)c3)cn2)CC1. The van der Waals surface area contributed by atoms with Crippen molar-refractivity contribution >= 4 is 33.3 Å². The molecule has 3 rings (SSSR count). The first kappa shape index (κ1) is 17.9. The van der Waals surface area contributed by atoms with Gasteiger partial charge in [-0.1, -0.05) is 0 Å². The van der Waals surface area contributed by atoms with Crippen molar-refractivity contribution in [2.45, 2.75) is 22.5 Å². The van der Waals surface area contributed by atoms with Crippen LogP contribution in [-0.2, 0) is 10.0 Å². The second-order valence-electron chi connectivity index (χ2n) is 5.88. The van der Waals surface area contributed by atoms with E-state index in [1.165, 1.54) is 12.3 Å². The summed E-state index contributed by atoms with van der Waals surface area (Å²) in [6.45, 7) is 0.772. The Morgan fingerprint density at radius 1 is 1.20 bits per heavy atom. The Balaban J connectivity index is 1.69. The summed E-state index contributed by atoms with van der Waals surface area (Å²) in [5, 5.41) is 3.20. The molecule has 1 aromatic carbocycles. The van der Waals surface area contributed by atoms with E-state index in [9.17, 15) is 17.2 Å². The number of sulfonamides is 1. The van der Waals surface area contributed by atoms with Crippen LogP contribution in [0.25, 0.3) is 0 Å². The summed E-state index contributed by atoms with van der Waals surface area (Å²) in [6.07, 6.45) is 5.58. The van der Waals surface area contributed by atoms with E-state index in [1.54, 1.807) is 6.07 Å². The fourth-order valence-corrected chi connectivity index (χ4v) is 4.03. The minimum Gasteiger partial charge on any atom is -0.369 e. The summed E-state index contributed by atoms with van der Waals surface area (Å²) in [5.74, 6) is -1.15. The molecule has 1 aliphatic rings. The molecule has 1 fully saturated rings. The molecular formula is C16H17F2N3O2S2. The first-order valence-electron chi connectivity index (χ1n) is 7.56. The van der Waals surface area contributed by atoms with Gasteiger partial charge in [-0.15, -0.1) is 0 Å². The van der Waals surface area contributed by atoms with E-state index in [1.807, 2.05) is 11.8 Å². The van der Waals surface area contributed by atoms with E-state index in [2.05, 4.69) is 21.3 Å². The number of hydrogen-bond acceptors (Lipinski definition) is 5. The molecule has 0 spiro atoms. The van der Waals surface area contributed by atoms with Crippen LogP contribution in [0.4, 0.5) is 20.3 Å². The van der Waals surface area contributed by atoms with Crippen LogP contribution in [0.1, 0.15) is 12.8 Å². The number of benzene rings is 1. The highest BCUT2D eigenvalue weighted by atomic mass is 32.2. The van der Waals surface area contributed by atoms with Gasteiger partial charge < -0.3 is 5.32 Å². The number of hydrogen-bond donors (Lipinski definition) is 2. The third-order valence-corrected chi connectivity index (χ3v) is 6.78. The maximum absolute atomic E-state index is 13.2. The number of thioether (sulfide) groups is 1. The lowest BCUT2D eigenvalue weighted by atomic mass is 10.3. The fraction of sp³-hybridized carbons (Fsp3) is 0.312. The van der Waals surface area contributed by atoms with Crippen molar-refractivity contribution in [1.82, 2.24) is 4.98 Å². The summed E-state index contributed by atoms with van der Waals surface area (Å²) < 4.78 is 53.3. The normalized spacial score (nSPS) is 15.6. The lowest BCUT2D eigenvalue weighted by molar-refractivity contribution is 0.584. The maximum atomic E-state index is 13.2. The highest BCUT2D eigenvalue weighted by Crippen LogP contribution is 2.46. The number of halogens is 2. The van der Waals surface area contributed by atoms with Crippen molar-refractivity contribution in [3.05, 3.63) is 48.2 Å². The van der Waals surface area contributed by atoms with Crippen molar-refractivity contribution in [2.75, 3.05) is 22.8 Å². The zero-order valence-corrected chi connectivity index (χ0v) is 15.1. The number of anilines is 2. The molecule has 0 radical (unpaired) electrons. The minimum absolute atomic E-state index is 0.0891. The van der Waals surface area contributed by atoms with E-state index in [-0.39, 0.29) is 15.3 Å². The standard InChI is InChI=1S/C16H17F2N3O2S2/c1-24-16(4-5-16)10-20-15-3-2-14(9-19-15)25(22,23)21-13-7-11(17)6-12(18)8-13/h2-3,6-9,21H,4-5,10H2,1H3,(H,19,20). The largest absolute Gasteiger partial charge is 0.369 e. The summed E-state index contributed by atoms with van der Waals surface area (Å²) >= 11 is 1.81. The summed E-state index contributed by atoms with van der Waals surface area (Å²) in [7, 11) is -3.98. The average molecular weight is 385 g/mol. The fourth-order valence-electron chi connectivity index (χ4n) is 2.31. The molecule has 1 aliphatic carbocycles. The van der Waals surface area contributed by atoms with E-state index in [4.69, 9.17) is 0 Å². The predicted octanol–water partition coefficient (Wildman–Crippen LogP) is 3.47. The van der Waals surface area contributed by atoms with Gasteiger partial charge in [0.25, 0.3) is 10.0 Å². The minimum atomic E-state index is -3.98. The van der Waals surface area contributed by atoms with E-state index in [0.717, 1.165) is 31.5 Å². The van der Waals surface area contributed by atoms with Crippen LogP contribution in [-0.4, -0.2) is 30.9 Å². The Morgan fingerprint density at radius 3 is 2.40 bits per heavy atom. The van der Waals surface area contributed by atoms with Crippen LogP contribution in [0.3, 0.4) is 0 Å². The van der Waals surface area contributed by atoms with Gasteiger partial charge in [-0.3, -0.25) is 4.72 Å². The molecule has 9 heteroatoms. The lowest BCUT2D eigenvalue weighted by Gasteiger charge is -2.14. The molecule has 2 aromatic rings. The Bertz CT molecular complexity index is 849. The molecule has 134 valence electrons. The first-order chi connectivity index (χ1) is 11.8. The topological polar surface area (TPSA) is 71.1 Å². The summed E-state index contributed by atoms with van der Waals surface area (Å²) in [5.41, 5.74) is -0.185. The van der Waals surface area contributed by atoms with Crippen molar-refractivity contribution in [1.29, 1.82) is 0 Å². The highest BCUT2D eigenvalue weighted by Gasteiger charge is 2.41. The Labute approximate surface area is 149 Å². The molecule has 0 bridgehead atoms. The Hall–Kier alpha value is -1.87. The van der Waals surface area contributed by atoms with Crippen LogP contribution >= 0.6 is 11.8 Å². The van der Waals surface area contributed by atoms with E-state index < -0.39 is 21.7 Å². The molecule has 1 aromatic heterocycles. The molecule has 0 amide bonds. The monoisotopic (exact) mass is 385 g/mol. The van der Waals surface area contributed by atoms with Gasteiger partial charge in [0.05, 0.1) is 5.69 Å². The van der Waals surface area contributed by atoms with Gasteiger partial charge in [0.15, 0.2) is 0 Å². The van der Waals surface area contributed by atoms with Gasteiger partial charge in [-0.2, -0.15) is 11.8 Å². The van der Waals surface area contributed by atoms with E-state index in [0.29, 0.717) is 11.9 Å². The van der Waals surface area contributed by atoms with E-state index >= 15 is 0 Å². The molecule has 0 aliphatic heterocycles. The molecule has 5 nitrogen and oxygen atoms in total. The quantitative estimate of drug-likeness (QED) is 0.764. The lowest BCUT2D eigenvalue weighted by Crippen LogP contribution is -2.18. The zero-order valence-electron chi connectivity index (χ0n) is 13.4. The maximum Gasteiger partial charge on any atom is 0.263 e. The molecular weight excluding hydrogens is 368 g/mol. The van der Waals surface area contributed by atoms with Crippen molar-refractivity contribution in [3.63, 3.8) is 0 Å². The molecule has 0 saturated heterocycles. The summed E-state index contributed by atoms with van der Waals surface area (Å²) in [6, 6.07) is 5.44. The van der Waals surface area contributed by atoms with Crippen molar-refractivity contribution in [2.24, 2.45) is 0 Å². The van der Waals surface area contributed by atoms with Crippen LogP contribution < -0.4 is 10.0 Å². The third-order valence-electron chi connectivity index (χ3n) is 3.99. The second-order valence-corrected chi connectivity index (χ2v) is 8.84. The van der Waals surface area contributed by atoms with Gasteiger partial charge in [0.1, 0.15) is 22.3 Å². The van der Waals surface area contributed by atoms with Gasteiger partial charge in [-0.25, -0.2) is 22.2 Å². The van der Waals surface area contributed by atoms with Gasteiger partial charge in [0.2, 0.25) is 0 Å². The Kier molecular flexibility index (Phi) is 4.88. The first-order valence-corrected chi connectivity index (χ1v) is 10.3. The second kappa shape index (κ2) is 6.80. The third kappa shape index (κ3) is 4.40. The molecule has 0 atom stereocenters. The average Bonchev–Trinajstić information content (AvgIpc) is 3.32. The van der Waals surface area contributed by atoms with Crippen LogP contribution in [0.5, 0.6) is 0 Å². The van der Waals surface area contributed by atoms with Crippen LogP contribution in [0, 0.1) is 11.6 Å². The molecule has 1 heterocycles. The zero-order chi connectivity index (χ0) is 18.1. The Morgan fingerprint density at radius 2 is 1.88 bits per heavy atom. The van der Waals surface area contributed by atoms with Crippen molar-refractivity contribution < 1.29 is 17.2 Å². The molecule has 25 heavy (non-hydrogen) atoms. The highest BCUT2D eigenvalue weighted by molar-refractivity contribution is 8.00. The van der Waals surface area contributed by atoms with Crippen molar-refractivity contribution in [3.8, 4) is 0 Å². The van der Waals surface area contributed by atoms with Gasteiger partial charge in [0, 0.05) is 23.6 Å². The van der Waals surface area contributed by atoms with Gasteiger partial charge in [-0.05, 0) is 43.4 Å². The predicted molar refractivity (Wildman–Crippen MR) is 95.4 cm³/mol. The number of pyridine rings is 1. The van der Waals surface area contributed by atoms with Crippen LogP contribution in [0.2, 0.25) is 0 Å². The van der Waals surface area contributed by atoms with Gasteiger partial charge >= 0.3 is 0 Å². The molecule has 0 unspecified atom stereocenters. The summed E-state index contributed by atoms with van der Waals surface area (Å²) in [4.78, 5) is 4.01.